The van der Waals surface area contributed by atoms with Gasteiger partial charge in [-0.05, 0) is 37.6 Å². The van der Waals surface area contributed by atoms with Crippen molar-refractivity contribution in [3.63, 3.8) is 0 Å². The molecule has 2 aromatic heterocycles. The molecule has 2 aromatic rings. The van der Waals surface area contributed by atoms with E-state index in [2.05, 4.69) is 10.1 Å². The molecule has 2 heterocycles. The summed E-state index contributed by atoms with van der Waals surface area (Å²) in [7, 11) is 1.26. The summed E-state index contributed by atoms with van der Waals surface area (Å²) < 4.78 is 9.99. The van der Waals surface area contributed by atoms with E-state index in [4.69, 9.17) is 4.42 Å². The number of nitriles is 1. The maximum Gasteiger partial charge on any atom is 0.348 e. The molecular weight excluding hydrogens is 316 g/mol. The zero-order valence-corrected chi connectivity index (χ0v) is 13.6. The number of amides is 1. The Morgan fingerprint density at radius 3 is 2.70 bits per heavy atom. The number of nitrogens with one attached hydrogen (secondary N) is 1. The predicted molar refractivity (Wildman–Crippen MR) is 86.2 cm³/mol. The largest absolute Gasteiger partial charge is 0.465 e. The lowest BCUT2D eigenvalue weighted by Gasteiger charge is -1.98. The van der Waals surface area contributed by atoms with Crippen LogP contribution in [-0.4, -0.2) is 19.0 Å². The highest BCUT2D eigenvalue weighted by molar-refractivity contribution is 7.18. The summed E-state index contributed by atoms with van der Waals surface area (Å²) in [6, 6.07) is 5.52. The maximum absolute atomic E-state index is 12.0. The van der Waals surface area contributed by atoms with Crippen molar-refractivity contribution in [2.45, 2.75) is 13.8 Å². The number of thiophene rings is 1. The minimum Gasteiger partial charge on any atom is -0.465 e. The molecule has 0 aliphatic carbocycles. The Morgan fingerprint density at radius 1 is 1.39 bits per heavy atom. The molecule has 23 heavy (non-hydrogen) atoms. The normalized spacial score (nSPS) is 10.5. The summed E-state index contributed by atoms with van der Waals surface area (Å²) in [5.41, 5.74) is 0.747. The molecule has 0 fully saturated rings. The van der Waals surface area contributed by atoms with Gasteiger partial charge >= 0.3 is 5.97 Å². The van der Waals surface area contributed by atoms with E-state index in [1.165, 1.54) is 19.3 Å². The summed E-state index contributed by atoms with van der Waals surface area (Å²) >= 11 is 1.01. The number of rotatable bonds is 4. The maximum atomic E-state index is 12.0. The van der Waals surface area contributed by atoms with Crippen LogP contribution in [0.2, 0.25) is 0 Å². The summed E-state index contributed by atoms with van der Waals surface area (Å²) in [6.45, 7) is 3.44. The van der Waals surface area contributed by atoms with Crippen LogP contribution in [0.4, 0.5) is 5.00 Å². The summed E-state index contributed by atoms with van der Waals surface area (Å²) in [5.74, 6) is 0.337. The highest BCUT2D eigenvalue weighted by atomic mass is 32.1. The molecule has 0 aliphatic rings. The second-order valence-electron chi connectivity index (χ2n) is 4.63. The van der Waals surface area contributed by atoms with Crippen molar-refractivity contribution < 1.29 is 18.7 Å². The van der Waals surface area contributed by atoms with E-state index in [1.807, 2.05) is 6.07 Å². The predicted octanol–water partition coefficient (Wildman–Crippen LogP) is 3.27. The summed E-state index contributed by atoms with van der Waals surface area (Å²) in [5, 5.41) is 12.1. The standard InChI is InChI=1S/C16H14N2O4S/c1-9-4-5-11(22-9)6-7-13(19)18-15-12(8-17)10(2)14(23-15)16(20)21-3/h4-7H,1-3H3,(H,18,19)/b7-6+. The number of aryl methyl sites for hydroxylation is 1. The number of esters is 1. The molecule has 0 unspecified atom stereocenters. The SMILES string of the molecule is COC(=O)c1sc(NC(=O)/C=C/c2ccc(C)o2)c(C#N)c1C. The molecule has 0 aliphatic heterocycles. The molecule has 0 aromatic carbocycles. The highest BCUT2D eigenvalue weighted by Crippen LogP contribution is 2.32. The van der Waals surface area contributed by atoms with E-state index in [9.17, 15) is 14.9 Å². The first-order valence-electron chi connectivity index (χ1n) is 6.63. The lowest BCUT2D eigenvalue weighted by Crippen LogP contribution is -2.07. The van der Waals surface area contributed by atoms with Crippen molar-refractivity contribution in [2.75, 3.05) is 12.4 Å². The van der Waals surface area contributed by atoms with Crippen molar-refractivity contribution in [2.24, 2.45) is 0 Å². The third kappa shape index (κ3) is 3.67. The first kappa shape index (κ1) is 16.5. The Hall–Kier alpha value is -2.85. The Kier molecular flexibility index (Phi) is 4.98. The topological polar surface area (TPSA) is 92.3 Å². The number of nitrogens with zero attached hydrogens (tertiary/aromatic N) is 1. The lowest BCUT2D eigenvalue weighted by molar-refractivity contribution is -0.111. The average Bonchev–Trinajstić information content (AvgIpc) is 3.08. The van der Waals surface area contributed by atoms with Gasteiger partial charge in [-0.3, -0.25) is 4.79 Å². The van der Waals surface area contributed by atoms with Gasteiger partial charge in [0.25, 0.3) is 0 Å². The van der Waals surface area contributed by atoms with Crippen molar-refractivity contribution in [1.82, 2.24) is 0 Å². The fourth-order valence-corrected chi connectivity index (χ4v) is 2.96. The number of hydrogen-bond donors (Lipinski definition) is 1. The van der Waals surface area contributed by atoms with Crippen LogP contribution in [-0.2, 0) is 9.53 Å². The van der Waals surface area contributed by atoms with Crippen LogP contribution < -0.4 is 5.32 Å². The molecule has 0 saturated carbocycles. The zero-order valence-electron chi connectivity index (χ0n) is 12.8. The Balaban J connectivity index is 2.19. The molecule has 0 atom stereocenters. The van der Waals surface area contributed by atoms with Gasteiger partial charge in [0.15, 0.2) is 0 Å². The van der Waals surface area contributed by atoms with E-state index in [1.54, 1.807) is 26.0 Å². The van der Waals surface area contributed by atoms with Gasteiger partial charge in [-0.1, -0.05) is 0 Å². The summed E-state index contributed by atoms with van der Waals surface area (Å²) in [4.78, 5) is 23.9. The Bertz CT molecular complexity index is 824. The van der Waals surface area contributed by atoms with Crippen molar-refractivity contribution in [3.8, 4) is 6.07 Å². The minimum atomic E-state index is -0.536. The fraction of sp³-hybridized carbons (Fsp3) is 0.188. The van der Waals surface area contributed by atoms with E-state index in [0.29, 0.717) is 21.2 Å². The van der Waals surface area contributed by atoms with E-state index < -0.39 is 11.9 Å². The Morgan fingerprint density at radius 2 is 2.13 bits per heavy atom. The van der Waals surface area contributed by atoms with Gasteiger partial charge in [0.1, 0.15) is 27.5 Å². The second kappa shape index (κ2) is 6.94. The monoisotopic (exact) mass is 330 g/mol. The Labute approximate surface area is 137 Å². The number of hydrogen-bond acceptors (Lipinski definition) is 6. The average molecular weight is 330 g/mol. The van der Waals surface area contributed by atoms with Crippen LogP contribution in [0.3, 0.4) is 0 Å². The number of furan rings is 1. The van der Waals surface area contributed by atoms with Crippen LogP contribution in [0.15, 0.2) is 22.6 Å². The van der Waals surface area contributed by atoms with E-state index in [0.717, 1.165) is 17.1 Å². The molecule has 1 amide bonds. The van der Waals surface area contributed by atoms with E-state index in [-0.39, 0.29) is 5.56 Å². The van der Waals surface area contributed by atoms with Gasteiger partial charge in [0.2, 0.25) is 5.91 Å². The van der Waals surface area contributed by atoms with Crippen LogP contribution >= 0.6 is 11.3 Å². The van der Waals surface area contributed by atoms with Crippen LogP contribution in [0.1, 0.15) is 32.3 Å². The molecular formula is C16H14N2O4S. The number of ether oxygens (including phenoxy) is 1. The molecule has 2 rings (SSSR count). The molecule has 1 N–H and O–H groups in total. The number of carbonyl (C=O) groups excluding carboxylic acids is 2. The van der Waals surface area contributed by atoms with Gasteiger partial charge < -0.3 is 14.5 Å². The third-order valence-electron chi connectivity index (χ3n) is 3.03. The van der Waals surface area contributed by atoms with Gasteiger partial charge in [-0.25, -0.2) is 4.79 Å². The molecule has 0 radical (unpaired) electrons. The van der Waals surface area contributed by atoms with Gasteiger partial charge in [-0.15, -0.1) is 11.3 Å². The van der Waals surface area contributed by atoms with Crippen molar-refractivity contribution in [3.05, 3.63) is 45.7 Å². The molecule has 7 heteroatoms. The molecule has 0 spiro atoms. The molecule has 118 valence electrons. The first-order valence-corrected chi connectivity index (χ1v) is 7.45. The van der Waals surface area contributed by atoms with Gasteiger partial charge in [-0.2, -0.15) is 5.26 Å². The fourth-order valence-electron chi connectivity index (χ4n) is 1.88. The van der Waals surface area contributed by atoms with Crippen LogP contribution in [0.5, 0.6) is 0 Å². The third-order valence-corrected chi connectivity index (χ3v) is 4.21. The quantitative estimate of drug-likeness (QED) is 0.686. The number of methoxy groups -OCH3 is 1. The smallest absolute Gasteiger partial charge is 0.348 e. The molecule has 0 bridgehead atoms. The van der Waals surface area contributed by atoms with Crippen molar-refractivity contribution in [1.29, 1.82) is 5.26 Å². The van der Waals surface area contributed by atoms with Crippen LogP contribution in [0.25, 0.3) is 6.08 Å². The van der Waals surface area contributed by atoms with Crippen molar-refractivity contribution >= 4 is 34.3 Å². The summed E-state index contributed by atoms with van der Waals surface area (Å²) in [6.07, 6.45) is 2.82. The number of anilines is 1. The molecule has 0 saturated heterocycles. The zero-order chi connectivity index (χ0) is 17.0. The van der Waals surface area contributed by atoms with Gasteiger partial charge in [0.05, 0.1) is 12.7 Å². The van der Waals surface area contributed by atoms with E-state index >= 15 is 0 Å². The first-order chi connectivity index (χ1) is 11.0. The lowest BCUT2D eigenvalue weighted by atomic mass is 10.2. The molecule has 6 nitrogen and oxygen atoms in total. The highest BCUT2D eigenvalue weighted by Gasteiger charge is 2.21. The number of carbonyl (C=O) groups is 2. The van der Waals surface area contributed by atoms with Crippen LogP contribution in [0, 0.1) is 25.2 Å². The van der Waals surface area contributed by atoms with Gasteiger partial charge in [0, 0.05) is 6.08 Å². The second-order valence-corrected chi connectivity index (χ2v) is 5.66. The minimum absolute atomic E-state index is 0.256.